The third-order valence-corrected chi connectivity index (χ3v) is 10.1. The molecule has 1 aliphatic heterocycles. The van der Waals surface area contributed by atoms with Crippen LogP contribution in [0.4, 0.5) is 4.39 Å². The summed E-state index contributed by atoms with van der Waals surface area (Å²) in [6.07, 6.45) is 2.75. The summed E-state index contributed by atoms with van der Waals surface area (Å²) in [5.41, 5.74) is 1.96. The van der Waals surface area contributed by atoms with Crippen molar-refractivity contribution in [2.45, 2.75) is 56.3 Å². The van der Waals surface area contributed by atoms with Crippen LogP contribution in [0.25, 0.3) is 22.2 Å². The lowest BCUT2D eigenvalue weighted by molar-refractivity contribution is -0.166. The highest BCUT2D eigenvalue weighted by atomic mass is 35.5. The van der Waals surface area contributed by atoms with Crippen molar-refractivity contribution >= 4 is 40.2 Å². The number of hydrogen-bond donors (Lipinski definition) is 0. The van der Waals surface area contributed by atoms with Crippen LogP contribution in [-0.2, 0) is 19.8 Å². The quantitative estimate of drug-likeness (QED) is 0.142. The van der Waals surface area contributed by atoms with Crippen LogP contribution < -0.4 is 0 Å². The molecule has 2 saturated carbocycles. The number of carbonyl (C=O) groups is 1. The Morgan fingerprint density at radius 2 is 1.67 bits per heavy atom. The SMILES string of the molecule is CC1(C)O[C@H]2[C@H](n3cc(F)c4c(Cl)ncnc43)C[C@@]3(C[C@]3(OC(=O)c3ccc(-c4ccccc4)cc3)c3ccc(Cl)cc3)[C@H]2O1. The lowest BCUT2D eigenvalue weighted by atomic mass is 9.91. The lowest BCUT2D eigenvalue weighted by Gasteiger charge is -2.29. The van der Waals surface area contributed by atoms with Gasteiger partial charge in [0, 0.05) is 23.1 Å². The zero-order valence-corrected chi connectivity index (χ0v) is 25.9. The lowest BCUT2D eigenvalue weighted by Crippen LogP contribution is -2.34. The second-order valence-electron chi connectivity index (χ2n) is 12.5. The number of aromatic nitrogens is 3. The molecular formula is C35H28Cl2FN3O4. The first-order chi connectivity index (χ1) is 21.6. The van der Waals surface area contributed by atoms with E-state index in [2.05, 4.69) is 9.97 Å². The number of nitrogens with zero attached hydrogens (tertiary/aromatic N) is 3. The average molecular weight is 645 g/mol. The van der Waals surface area contributed by atoms with Crippen LogP contribution in [0, 0.1) is 11.2 Å². The molecule has 1 saturated heterocycles. The predicted molar refractivity (Wildman–Crippen MR) is 167 cm³/mol. The number of benzene rings is 3. The van der Waals surface area contributed by atoms with E-state index in [4.69, 9.17) is 37.4 Å². The van der Waals surface area contributed by atoms with E-state index in [0.29, 0.717) is 29.1 Å². The zero-order chi connectivity index (χ0) is 31.1. The molecule has 2 aliphatic carbocycles. The Morgan fingerprint density at radius 3 is 2.40 bits per heavy atom. The first-order valence-electron chi connectivity index (χ1n) is 14.8. The van der Waals surface area contributed by atoms with E-state index in [1.54, 1.807) is 28.8 Å². The van der Waals surface area contributed by atoms with Crippen molar-refractivity contribution in [3.8, 4) is 11.1 Å². The monoisotopic (exact) mass is 643 g/mol. The van der Waals surface area contributed by atoms with Crippen LogP contribution in [0.1, 0.15) is 48.7 Å². The molecular weight excluding hydrogens is 616 g/mol. The molecule has 10 heteroatoms. The van der Waals surface area contributed by atoms with Crippen molar-refractivity contribution in [3.63, 3.8) is 0 Å². The second-order valence-corrected chi connectivity index (χ2v) is 13.3. The summed E-state index contributed by atoms with van der Waals surface area (Å²) in [4.78, 5) is 22.3. The number of hydrogen-bond acceptors (Lipinski definition) is 6. The molecule has 0 bridgehead atoms. The summed E-state index contributed by atoms with van der Waals surface area (Å²) in [7, 11) is 0. The third kappa shape index (κ3) is 4.41. The Balaban J connectivity index is 1.19. The van der Waals surface area contributed by atoms with Gasteiger partial charge >= 0.3 is 5.97 Å². The number of carbonyl (C=O) groups excluding carboxylic acids is 1. The highest BCUT2D eigenvalue weighted by molar-refractivity contribution is 6.34. The van der Waals surface area contributed by atoms with Crippen molar-refractivity contribution in [3.05, 3.63) is 119 Å². The molecule has 7 nitrogen and oxygen atoms in total. The second kappa shape index (κ2) is 10.1. The first kappa shape index (κ1) is 28.6. The highest BCUT2D eigenvalue weighted by Gasteiger charge is 2.82. The Labute approximate surface area is 268 Å². The van der Waals surface area contributed by atoms with Gasteiger partial charge in [0.2, 0.25) is 0 Å². The van der Waals surface area contributed by atoms with Gasteiger partial charge in [0.05, 0.1) is 23.1 Å². The van der Waals surface area contributed by atoms with Crippen LogP contribution in [0.15, 0.2) is 91.4 Å². The Hall–Kier alpha value is -3.82. The minimum atomic E-state index is -1.04. The molecule has 0 amide bonds. The fourth-order valence-electron chi connectivity index (χ4n) is 7.54. The Morgan fingerprint density at radius 1 is 0.956 bits per heavy atom. The maximum Gasteiger partial charge on any atom is 0.339 e. The fraction of sp³-hybridized carbons (Fsp3) is 0.286. The summed E-state index contributed by atoms with van der Waals surface area (Å²) in [6, 6.07) is 24.4. The van der Waals surface area contributed by atoms with Gasteiger partial charge in [-0.2, -0.15) is 0 Å². The van der Waals surface area contributed by atoms with E-state index in [1.807, 2.05) is 68.4 Å². The fourth-order valence-corrected chi connectivity index (χ4v) is 7.88. The van der Waals surface area contributed by atoms with E-state index < -0.39 is 40.8 Å². The van der Waals surface area contributed by atoms with Crippen molar-refractivity contribution in [2.75, 3.05) is 0 Å². The van der Waals surface area contributed by atoms with Gasteiger partial charge in [-0.3, -0.25) is 0 Å². The van der Waals surface area contributed by atoms with Gasteiger partial charge in [-0.1, -0.05) is 77.8 Å². The van der Waals surface area contributed by atoms with Gasteiger partial charge in [0.15, 0.2) is 11.6 Å². The maximum absolute atomic E-state index is 15.2. The summed E-state index contributed by atoms with van der Waals surface area (Å²) < 4.78 is 36.7. The van der Waals surface area contributed by atoms with Crippen LogP contribution in [0.2, 0.25) is 10.2 Å². The number of rotatable bonds is 5. The van der Waals surface area contributed by atoms with Gasteiger partial charge in [-0.15, -0.1) is 0 Å². The molecule has 3 heterocycles. The Bertz CT molecular complexity index is 1950. The van der Waals surface area contributed by atoms with E-state index in [1.165, 1.54) is 12.5 Å². The van der Waals surface area contributed by atoms with E-state index >= 15 is 4.39 Å². The van der Waals surface area contributed by atoms with Gasteiger partial charge in [-0.05, 0) is 61.2 Å². The topological polar surface area (TPSA) is 75.5 Å². The smallest absolute Gasteiger partial charge is 0.339 e. The highest BCUT2D eigenvalue weighted by Crippen LogP contribution is 2.76. The summed E-state index contributed by atoms with van der Waals surface area (Å²) in [5.74, 6) is -1.88. The van der Waals surface area contributed by atoms with Gasteiger partial charge < -0.3 is 18.8 Å². The molecule has 1 spiro atoms. The molecule has 3 aromatic carbocycles. The van der Waals surface area contributed by atoms with Crippen molar-refractivity contribution in [1.82, 2.24) is 14.5 Å². The normalized spacial score (nSPS) is 28.0. The minimum absolute atomic E-state index is 0.0403. The molecule has 0 radical (unpaired) electrons. The summed E-state index contributed by atoms with van der Waals surface area (Å²) in [5, 5.41) is 0.764. The number of esters is 1. The van der Waals surface area contributed by atoms with Gasteiger partial charge in [0.1, 0.15) is 28.8 Å². The largest absolute Gasteiger partial charge is 0.450 e. The molecule has 0 unspecified atom stereocenters. The molecule has 2 aromatic heterocycles. The summed E-state index contributed by atoms with van der Waals surface area (Å²) >= 11 is 12.6. The standard InChI is InChI=1S/C35H28Cl2FN3O4/c1-33(2)43-28-26(41-17-25(38)27-30(37)39-19-40-31(27)41)16-34(29(28)44-33)18-35(34,23-12-14-24(36)15-13-23)45-32(42)22-10-8-21(9-11-22)20-6-4-3-5-7-20/h3-15,17,19,26,28-29H,16,18H2,1-2H3/t26-,28+,29+,34-,35+/m1/s1. The predicted octanol–water partition coefficient (Wildman–Crippen LogP) is 8.15. The first-order valence-corrected chi connectivity index (χ1v) is 15.5. The van der Waals surface area contributed by atoms with Gasteiger partial charge in [-0.25, -0.2) is 19.2 Å². The van der Waals surface area contributed by atoms with Crippen LogP contribution >= 0.6 is 23.2 Å². The minimum Gasteiger partial charge on any atom is -0.450 e. The third-order valence-electron chi connectivity index (χ3n) is 9.55. The van der Waals surface area contributed by atoms with E-state index in [9.17, 15) is 4.79 Å². The van der Waals surface area contributed by atoms with Crippen molar-refractivity contribution in [2.24, 2.45) is 5.41 Å². The van der Waals surface area contributed by atoms with Crippen molar-refractivity contribution in [1.29, 1.82) is 0 Å². The van der Waals surface area contributed by atoms with Crippen molar-refractivity contribution < 1.29 is 23.4 Å². The summed E-state index contributed by atoms with van der Waals surface area (Å²) in [6.45, 7) is 3.71. The van der Waals surface area contributed by atoms with E-state index in [0.717, 1.165) is 16.7 Å². The van der Waals surface area contributed by atoms with Crippen LogP contribution in [0.3, 0.4) is 0 Å². The molecule has 45 heavy (non-hydrogen) atoms. The molecule has 3 fully saturated rings. The van der Waals surface area contributed by atoms with E-state index in [-0.39, 0.29) is 16.6 Å². The Kier molecular flexibility index (Phi) is 6.42. The molecule has 8 rings (SSSR count). The zero-order valence-electron chi connectivity index (χ0n) is 24.4. The molecule has 228 valence electrons. The maximum atomic E-state index is 15.2. The number of halogens is 3. The molecule has 5 aromatic rings. The van der Waals surface area contributed by atoms with Crippen LogP contribution in [0.5, 0.6) is 0 Å². The molecule has 5 atom stereocenters. The van der Waals surface area contributed by atoms with Gasteiger partial charge in [0.25, 0.3) is 0 Å². The molecule has 0 N–H and O–H groups in total. The van der Waals surface area contributed by atoms with Crippen LogP contribution in [-0.4, -0.2) is 38.5 Å². The number of ether oxygens (including phenoxy) is 3. The average Bonchev–Trinajstić information content (AvgIpc) is 3.20. The molecule has 3 aliphatic rings. The number of fused-ring (bicyclic) bond motifs is 3.